The van der Waals surface area contributed by atoms with Crippen LogP contribution >= 0.6 is 11.6 Å². The Morgan fingerprint density at radius 1 is 1.04 bits per heavy atom. The summed E-state index contributed by atoms with van der Waals surface area (Å²) in [5, 5.41) is 13.5. The molecule has 2 aromatic rings. The zero-order chi connectivity index (χ0) is 20.6. The number of nitrogens with two attached hydrogens (primary N) is 1. The van der Waals surface area contributed by atoms with Crippen LogP contribution < -0.4 is 5.73 Å². The lowest BCUT2D eigenvalue weighted by atomic mass is 10.1. The maximum Gasteiger partial charge on any atom is 0.416 e. The van der Waals surface area contributed by atoms with Gasteiger partial charge in [0.15, 0.2) is 0 Å². The highest BCUT2D eigenvalue weighted by Gasteiger charge is 2.29. The van der Waals surface area contributed by atoms with Gasteiger partial charge in [0.1, 0.15) is 0 Å². The number of alkyl halides is 3. The fourth-order valence-electron chi connectivity index (χ4n) is 1.89. The molecule has 0 heterocycles. The summed E-state index contributed by atoms with van der Waals surface area (Å²) in [6.07, 6.45) is 1.95. The zero-order valence-corrected chi connectivity index (χ0v) is 15.6. The van der Waals surface area contributed by atoms with E-state index in [0.717, 1.165) is 17.7 Å². The molecule has 0 bridgehead atoms. The second kappa shape index (κ2) is 9.70. The lowest BCUT2D eigenvalue weighted by molar-refractivity contribution is -0.137. The molecule has 0 radical (unpaired) electrons. The summed E-state index contributed by atoms with van der Waals surface area (Å²) in [5.74, 6) is 0.0132. The molecule has 0 saturated carbocycles. The molecule has 0 atom stereocenters. The van der Waals surface area contributed by atoms with Gasteiger partial charge in [0.05, 0.1) is 11.8 Å². The van der Waals surface area contributed by atoms with Crippen LogP contribution in [0.1, 0.15) is 16.7 Å². The van der Waals surface area contributed by atoms with Gasteiger partial charge in [-0.15, -0.1) is 5.10 Å². The molecule has 2 N–H and O–H groups in total. The second-order valence-electron chi connectivity index (χ2n) is 5.52. The summed E-state index contributed by atoms with van der Waals surface area (Å²) in [6, 6.07) is 11.9. The highest BCUT2D eigenvalue weighted by Crippen LogP contribution is 2.28. The van der Waals surface area contributed by atoms with E-state index in [2.05, 4.69) is 15.3 Å². The number of benzene rings is 2. The number of hydrazone groups is 1. The zero-order valence-electron chi connectivity index (χ0n) is 14.8. The van der Waals surface area contributed by atoms with E-state index in [1.54, 1.807) is 25.3 Å². The van der Waals surface area contributed by atoms with Crippen molar-refractivity contribution >= 4 is 36.1 Å². The minimum atomic E-state index is -4.37. The van der Waals surface area contributed by atoms with Crippen LogP contribution in [0.25, 0.3) is 6.08 Å². The van der Waals surface area contributed by atoms with Crippen molar-refractivity contribution in [2.75, 3.05) is 7.05 Å². The van der Waals surface area contributed by atoms with E-state index in [1.807, 2.05) is 18.2 Å². The van der Waals surface area contributed by atoms with Crippen molar-refractivity contribution in [1.29, 1.82) is 0 Å². The predicted molar refractivity (Wildman–Crippen MR) is 107 cm³/mol. The van der Waals surface area contributed by atoms with Crippen LogP contribution in [0.4, 0.5) is 13.2 Å². The average Bonchev–Trinajstić information content (AvgIpc) is 2.66. The number of nitrogens with zero attached hydrogens (tertiary/aromatic N) is 4. The van der Waals surface area contributed by atoms with Gasteiger partial charge in [0.2, 0.25) is 5.96 Å². The second-order valence-corrected chi connectivity index (χ2v) is 5.96. The largest absolute Gasteiger partial charge is 0.416 e. The third kappa shape index (κ3) is 6.88. The number of allylic oxidation sites excluding steroid dienone is 1. The first kappa shape index (κ1) is 21.2. The van der Waals surface area contributed by atoms with Gasteiger partial charge in [-0.3, -0.25) is 0 Å². The van der Waals surface area contributed by atoms with Gasteiger partial charge in [0, 0.05) is 18.3 Å². The highest BCUT2D eigenvalue weighted by molar-refractivity contribution is 6.30. The van der Waals surface area contributed by atoms with Crippen LogP contribution in [-0.2, 0) is 6.18 Å². The van der Waals surface area contributed by atoms with Gasteiger partial charge in [-0.1, -0.05) is 41.9 Å². The van der Waals surface area contributed by atoms with Gasteiger partial charge >= 0.3 is 6.18 Å². The predicted octanol–water partition coefficient (Wildman–Crippen LogP) is 4.64. The number of rotatable bonds is 5. The summed E-state index contributed by atoms with van der Waals surface area (Å²) in [7, 11) is 1.54. The average molecular weight is 408 g/mol. The quantitative estimate of drug-likeness (QED) is 0.446. The lowest BCUT2D eigenvalue weighted by Crippen LogP contribution is -2.29. The summed E-state index contributed by atoms with van der Waals surface area (Å²) < 4.78 is 37.6. The minimum Gasteiger partial charge on any atom is -0.367 e. The van der Waals surface area contributed by atoms with Crippen molar-refractivity contribution in [2.24, 2.45) is 21.0 Å². The van der Waals surface area contributed by atoms with Crippen molar-refractivity contribution in [3.8, 4) is 0 Å². The van der Waals surface area contributed by atoms with Crippen LogP contribution in [0.3, 0.4) is 0 Å². The highest BCUT2D eigenvalue weighted by atomic mass is 35.5. The molecule has 0 fully saturated rings. The van der Waals surface area contributed by atoms with Gasteiger partial charge in [-0.05, 0) is 41.5 Å². The Hall–Kier alpha value is -3.13. The van der Waals surface area contributed by atoms with Crippen molar-refractivity contribution in [3.63, 3.8) is 0 Å². The molecule has 0 spiro atoms. The molecule has 9 heteroatoms. The first-order chi connectivity index (χ1) is 13.3. The van der Waals surface area contributed by atoms with Crippen molar-refractivity contribution in [1.82, 2.24) is 5.01 Å². The molecule has 146 valence electrons. The van der Waals surface area contributed by atoms with Gasteiger partial charge in [-0.25, -0.2) is 5.01 Å². The van der Waals surface area contributed by atoms with Crippen LogP contribution in [0, 0.1) is 0 Å². The Balaban J connectivity index is 1.91. The number of hydrogen-bond donors (Lipinski definition) is 1. The summed E-state index contributed by atoms with van der Waals surface area (Å²) in [6.45, 7) is 0. The third-order valence-electron chi connectivity index (χ3n) is 3.42. The number of halogens is 4. The first-order valence-electron chi connectivity index (χ1n) is 7.99. The molecule has 0 aromatic heterocycles. The molecule has 0 unspecified atom stereocenters. The van der Waals surface area contributed by atoms with Gasteiger partial charge in [-0.2, -0.15) is 23.4 Å². The van der Waals surface area contributed by atoms with E-state index in [9.17, 15) is 13.2 Å². The Morgan fingerprint density at radius 2 is 1.64 bits per heavy atom. The summed E-state index contributed by atoms with van der Waals surface area (Å²) >= 11 is 5.81. The van der Waals surface area contributed by atoms with Crippen molar-refractivity contribution in [2.45, 2.75) is 6.18 Å². The maximum absolute atomic E-state index is 12.5. The van der Waals surface area contributed by atoms with E-state index < -0.39 is 11.7 Å². The molecule has 0 saturated heterocycles. The number of guanidine groups is 1. The fraction of sp³-hybridized carbons (Fsp3) is 0.105. The summed E-state index contributed by atoms with van der Waals surface area (Å²) in [4.78, 5) is 0. The monoisotopic (exact) mass is 407 g/mol. The smallest absolute Gasteiger partial charge is 0.367 e. The summed E-state index contributed by atoms with van der Waals surface area (Å²) in [5.41, 5.74) is 6.45. The van der Waals surface area contributed by atoms with Gasteiger partial charge < -0.3 is 5.73 Å². The molecule has 2 rings (SSSR count). The third-order valence-corrected chi connectivity index (χ3v) is 3.67. The standard InChI is InChI=1S/C19H17ClF3N5/c1-28(26-13-15-4-8-16(9-5-15)19(21,22)23)18(24)27-25-12-2-3-14-6-10-17(20)11-7-14/h2-13H,1H3,(H2,24,27). The molecular formula is C19H17ClF3N5. The maximum atomic E-state index is 12.5. The van der Waals surface area contributed by atoms with Crippen LogP contribution in [-0.4, -0.2) is 30.4 Å². The number of hydrogen-bond acceptors (Lipinski definition) is 3. The first-order valence-corrected chi connectivity index (χ1v) is 8.37. The molecular weight excluding hydrogens is 391 g/mol. The molecule has 5 nitrogen and oxygen atoms in total. The molecule has 0 aliphatic carbocycles. The van der Waals surface area contributed by atoms with E-state index in [1.165, 1.54) is 29.6 Å². The van der Waals surface area contributed by atoms with E-state index in [0.29, 0.717) is 10.6 Å². The normalized spacial score (nSPS) is 13.1. The Morgan fingerprint density at radius 3 is 2.25 bits per heavy atom. The van der Waals surface area contributed by atoms with Crippen molar-refractivity contribution < 1.29 is 13.2 Å². The van der Waals surface area contributed by atoms with Crippen LogP contribution in [0.2, 0.25) is 5.02 Å². The van der Waals surface area contributed by atoms with Gasteiger partial charge in [0.25, 0.3) is 0 Å². The topological polar surface area (TPSA) is 66.3 Å². The molecule has 2 aromatic carbocycles. The SMILES string of the molecule is CN(N=Cc1ccc(C(F)(F)F)cc1)/C(N)=N\N=CC=Cc1ccc(Cl)cc1. The van der Waals surface area contributed by atoms with E-state index in [4.69, 9.17) is 17.3 Å². The Bertz CT molecular complexity index is 885. The van der Waals surface area contributed by atoms with Crippen LogP contribution in [0.5, 0.6) is 0 Å². The van der Waals surface area contributed by atoms with Crippen molar-refractivity contribution in [3.05, 3.63) is 76.3 Å². The fourth-order valence-corrected chi connectivity index (χ4v) is 2.02. The minimum absolute atomic E-state index is 0.0132. The Labute approximate surface area is 165 Å². The van der Waals surface area contributed by atoms with E-state index >= 15 is 0 Å². The van der Waals surface area contributed by atoms with E-state index in [-0.39, 0.29) is 5.96 Å². The molecule has 0 aliphatic heterocycles. The Kier molecular flexibility index (Phi) is 7.34. The molecule has 28 heavy (non-hydrogen) atoms. The molecule has 0 aliphatic rings. The molecule has 0 amide bonds. The lowest BCUT2D eigenvalue weighted by Gasteiger charge is -2.09. The van der Waals surface area contributed by atoms with Crippen LogP contribution in [0.15, 0.2) is 69.9 Å².